The molecule has 0 fully saturated rings. The maximum absolute atomic E-state index is 12.4. The van der Waals surface area contributed by atoms with Crippen LogP contribution in [0.5, 0.6) is 0 Å². The van der Waals surface area contributed by atoms with Crippen molar-refractivity contribution in [2.45, 2.75) is 45.3 Å². The van der Waals surface area contributed by atoms with Gasteiger partial charge in [0.15, 0.2) is 0 Å². The molecule has 2 aliphatic heterocycles. The highest BCUT2D eigenvalue weighted by Crippen LogP contribution is 2.26. The summed E-state index contributed by atoms with van der Waals surface area (Å²) < 4.78 is 0. The Kier molecular flexibility index (Phi) is 3.99. The number of benzene rings is 1. The van der Waals surface area contributed by atoms with Crippen LogP contribution in [0.1, 0.15) is 48.0 Å². The molecular formula is C20H22N4O. The van der Waals surface area contributed by atoms with Crippen LogP contribution >= 0.6 is 0 Å². The first kappa shape index (κ1) is 15.8. The summed E-state index contributed by atoms with van der Waals surface area (Å²) in [5, 5.41) is 6.47. The van der Waals surface area contributed by atoms with Gasteiger partial charge in [-0.05, 0) is 31.0 Å². The molecular weight excluding hydrogens is 312 g/mol. The van der Waals surface area contributed by atoms with Gasteiger partial charge in [-0.1, -0.05) is 30.3 Å². The van der Waals surface area contributed by atoms with E-state index in [9.17, 15) is 4.79 Å². The molecule has 0 aliphatic carbocycles. The first-order chi connectivity index (χ1) is 12.1. The zero-order chi connectivity index (χ0) is 17.4. The average molecular weight is 334 g/mol. The number of pyridine rings is 1. The summed E-state index contributed by atoms with van der Waals surface area (Å²) in [7, 11) is 0. The van der Waals surface area contributed by atoms with Gasteiger partial charge in [0.25, 0.3) is 0 Å². The molecule has 0 radical (unpaired) electrons. The number of rotatable bonds is 4. The minimum Gasteiger partial charge on any atom is -0.367 e. The molecule has 128 valence electrons. The molecule has 2 aliphatic rings. The quantitative estimate of drug-likeness (QED) is 0.901. The van der Waals surface area contributed by atoms with E-state index in [0.717, 1.165) is 34.8 Å². The molecule has 0 saturated heterocycles. The van der Waals surface area contributed by atoms with Gasteiger partial charge in [-0.25, -0.2) is 0 Å². The van der Waals surface area contributed by atoms with E-state index in [-0.39, 0.29) is 11.9 Å². The van der Waals surface area contributed by atoms with Gasteiger partial charge in [-0.2, -0.15) is 0 Å². The molecule has 0 bridgehead atoms. The molecule has 0 saturated carbocycles. The number of carbonyl (C=O) groups is 1. The Morgan fingerprint density at radius 1 is 1.36 bits per heavy atom. The Morgan fingerprint density at radius 2 is 2.16 bits per heavy atom. The normalized spacial score (nSPS) is 18.8. The summed E-state index contributed by atoms with van der Waals surface area (Å²) in [6.45, 7) is 4.81. The number of hydrogen-bond acceptors (Lipinski definition) is 4. The van der Waals surface area contributed by atoms with Crippen LogP contribution in [0.2, 0.25) is 0 Å². The number of amides is 1. The van der Waals surface area contributed by atoms with Gasteiger partial charge >= 0.3 is 0 Å². The van der Waals surface area contributed by atoms with Crippen molar-refractivity contribution in [1.82, 2.24) is 15.6 Å². The lowest BCUT2D eigenvalue weighted by molar-refractivity contribution is -0.121. The van der Waals surface area contributed by atoms with Gasteiger partial charge < -0.3 is 10.6 Å². The van der Waals surface area contributed by atoms with Crippen LogP contribution in [0.3, 0.4) is 0 Å². The molecule has 4 rings (SSSR count). The first-order valence-electron chi connectivity index (χ1n) is 8.77. The number of aromatic nitrogens is 1. The number of hydrogen-bond donors (Lipinski definition) is 2. The third kappa shape index (κ3) is 3.14. The standard InChI is InChI=1S/C20H22N4O/c1-12-8-17-19-15(11-21-20(19)22-12)9-16(24-17)10-18(25)23-13(2)14-6-4-3-5-7-14/h3-7,9,12-13H,8,10-11H2,1-2H3,(H,21,22)(H,23,25)/t12-,13-/m1/s1. The monoisotopic (exact) mass is 334 g/mol. The molecule has 1 aromatic carbocycles. The smallest absolute Gasteiger partial charge is 0.226 e. The van der Waals surface area contributed by atoms with Crippen molar-refractivity contribution in [2.24, 2.45) is 4.99 Å². The molecule has 2 atom stereocenters. The fourth-order valence-electron chi connectivity index (χ4n) is 3.59. The van der Waals surface area contributed by atoms with Crippen molar-refractivity contribution in [2.75, 3.05) is 0 Å². The topological polar surface area (TPSA) is 66.4 Å². The van der Waals surface area contributed by atoms with Crippen LogP contribution in [-0.4, -0.2) is 22.8 Å². The maximum atomic E-state index is 12.4. The van der Waals surface area contributed by atoms with Crippen molar-refractivity contribution in [3.05, 3.63) is 64.5 Å². The molecule has 1 amide bonds. The molecule has 2 aromatic rings. The summed E-state index contributed by atoms with van der Waals surface area (Å²) in [4.78, 5) is 21.8. The zero-order valence-corrected chi connectivity index (χ0v) is 14.5. The van der Waals surface area contributed by atoms with Gasteiger partial charge in [0, 0.05) is 18.0 Å². The number of carbonyl (C=O) groups excluding carboxylic acids is 1. The van der Waals surface area contributed by atoms with E-state index in [0.29, 0.717) is 19.0 Å². The Balaban J connectivity index is 1.49. The second-order valence-corrected chi connectivity index (χ2v) is 6.89. The van der Waals surface area contributed by atoms with E-state index in [1.54, 1.807) is 0 Å². The highest BCUT2D eigenvalue weighted by molar-refractivity contribution is 6.04. The fourth-order valence-corrected chi connectivity index (χ4v) is 3.59. The summed E-state index contributed by atoms with van der Waals surface area (Å²) in [5.41, 5.74) is 5.33. The number of amidine groups is 1. The Morgan fingerprint density at radius 3 is 2.96 bits per heavy atom. The fraction of sp³-hybridized carbons (Fsp3) is 0.350. The summed E-state index contributed by atoms with van der Waals surface area (Å²) >= 11 is 0. The lowest BCUT2D eigenvalue weighted by Crippen LogP contribution is -2.40. The second-order valence-electron chi connectivity index (χ2n) is 6.89. The Hall–Kier alpha value is -2.69. The number of nitrogens with zero attached hydrogens (tertiary/aromatic N) is 2. The van der Waals surface area contributed by atoms with Gasteiger partial charge in [0.2, 0.25) is 5.91 Å². The molecule has 0 unspecified atom stereocenters. The minimum atomic E-state index is -0.0133. The Labute approximate surface area is 147 Å². The predicted molar refractivity (Wildman–Crippen MR) is 97.5 cm³/mol. The SMILES string of the molecule is C[C@@H]1Cc2nc(CC(=O)N[C@H](C)c3ccccc3)cc3c2C(=NC3)N1. The van der Waals surface area contributed by atoms with Crippen molar-refractivity contribution in [3.8, 4) is 0 Å². The van der Waals surface area contributed by atoms with Crippen LogP contribution in [0.4, 0.5) is 0 Å². The van der Waals surface area contributed by atoms with E-state index < -0.39 is 0 Å². The average Bonchev–Trinajstić information content (AvgIpc) is 2.99. The van der Waals surface area contributed by atoms with Crippen LogP contribution < -0.4 is 10.6 Å². The van der Waals surface area contributed by atoms with E-state index in [1.165, 1.54) is 5.56 Å². The molecule has 1 aromatic heterocycles. The highest BCUT2D eigenvalue weighted by atomic mass is 16.1. The van der Waals surface area contributed by atoms with Gasteiger partial charge in [-0.15, -0.1) is 0 Å². The molecule has 25 heavy (non-hydrogen) atoms. The lowest BCUT2D eigenvalue weighted by Gasteiger charge is -2.24. The number of aliphatic imine (C=N–C) groups is 1. The predicted octanol–water partition coefficient (Wildman–Crippen LogP) is 2.30. The maximum Gasteiger partial charge on any atom is 0.226 e. The lowest BCUT2D eigenvalue weighted by atomic mass is 9.97. The summed E-state index contributed by atoms with van der Waals surface area (Å²) in [6.07, 6.45) is 1.17. The van der Waals surface area contributed by atoms with E-state index in [1.807, 2.05) is 43.3 Å². The van der Waals surface area contributed by atoms with Crippen LogP contribution in [-0.2, 0) is 24.2 Å². The van der Waals surface area contributed by atoms with Crippen molar-refractivity contribution < 1.29 is 4.79 Å². The molecule has 3 heterocycles. The highest BCUT2D eigenvalue weighted by Gasteiger charge is 2.28. The third-order valence-electron chi connectivity index (χ3n) is 4.77. The van der Waals surface area contributed by atoms with E-state index >= 15 is 0 Å². The summed E-state index contributed by atoms with van der Waals surface area (Å²) in [5.74, 6) is 0.960. The number of nitrogens with one attached hydrogen (secondary N) is 2. The van der Waals surface area contributed by atoms with Crippen LogP contribution in [0.25, 0.3) is 0 Å². The Bertz CT molecular complexity index is 844. The van der Waals surface area contributed by atoms with Crippen LogP contribution in [0.15, 0.2) is 41.4 Å². The van der Waals surface area contributed by atoms with Gasteiger partial charge in [-0.3, -0.25) is 14.8 Å². The van der Waals surface area contributed by atoms with Gasteiger partial charge in [0.1, 0.15) is 5.84 Å². The van der Waals surface area contributed by atoms with E-state index in [4.69, 9.17) is 4.98 Å². The van der Waals surface area contributed by atoms with Crippen molar-refractivity contribution in [1.29, 1.82) is 0 Å². The molecule has 0 spiro atoms. The molecule has 2 N–H and O–H groups in total. The first-order valence-corrected chi connectivity index (χ1v) is 8.77. The van der Waals surface area contributed by atoms with Gasteiger partial charge in [0.05, 0.1) is 30.4 Å². The summed E-state index contributed by atoms with van der Waals surface area (Å²) in [6, 6.07) is 12.3. The van der Waals surface area contributed by atoms with Crippen molar-refractivity contribution in [3.63, 3.8) is 0 Å². The third-order valence-corrected chi connectivity index (χ3v) is 4.77. The van der Waals surface area contributed by atoms with E-state index in [2.05, 4.69) is 22.5 Å². The van der Waals surface area contributed by atoms with Crippen molar-refractivity contribution >= 4 is 11.7 Å². The minimum absolute atomic E-state index is 0.00266. The molecule has 5 nitrogen and oxygen atoms in total. The molecule has 5 heteroatoms. The largest absolute Gasteiger partial charge is 0.367 e. The van der Waals surface area contributed by atoms with Crippen LogP contribution in [0, 0.1) is 0 Å². The second kappa shape index (κ2) is 6.31. The zero-order valence-electron chi connectivity index (χ0n) is 14.5.